The highest BCUT2D eigenvalue weighted by atomic mass is 35.5. The second kappa shape index (κ2) is 5.72. The van der Waals surface area contributed by atoms with Crippen molar-refractivity contribution in [3.8, 4) is 0 Å². The molecule has 1 unspecified atom stereocenters. The first-order valence-electron chi connectivity index (χ1n) is 6.34. The molecule has 0 aliphatic heterocycles. The van der Waals surface area contributed by atoms with Gasteiger partial charge in [0.2, 0.25) is 0 Å². The summed E-state index contributed by atoms with van der Waals surface area (Å²) < 4.78 is 27.3. The average Bonchev–Trinajstić information content (AvgIpc) is 2.87. The zero-order valence-corrected chi connectivity index (χ0v) is 12.4. The van der Waals surface area contributed by atoms with Gasteiger partial charge in [0.25, 0.3) is 0 Å². The van der Waals surface area contributed by atoms with Gasteiger partial charge in [0.05, 0.1) is 11.1 Å². The van der Waals surface area contributed by atoms with E-state index in [0.717, 1.165) is 10.1 Å². The maximum atomic E-state index is 13.4. The third-order valence-corrected chi connectivity index (χ3v) is 4.90. The van der Waals surface area contributed by atoms with Crippen molar-refractivity contribution in [1.82, 2.24) is 0 Å². The maximum absolute atomic E-state index is 13.4. The number of hydrogen-bond acceptors (Lipinski definition) is 2. The maximum Gasteiger partial charge on any atom is 0.142 e. The van der Waals surface area contributed by atoms with Crippen molar-refractivity contribution in [2.45, 2.75) is 12.5 Å². The first kappa shape index (κ1) is 14.4. The molecular weight excluding hydrogens is 314 g/mol. The van der Waals surface area contributed by atoms with Gasteiger partial charge in [0, 0.05) is 16.0 Å². The number of benzene rings is 2. The second-order valence-electron chi connectivity index (χ2n) is 4.76. The molecule has 1 nitrogen and oxygen atoms in total. The van der Waals surface area contributed by atoms with Gasteiger partial charge in [-0.05, 0) is 35.2 Å². The van der Waals surface area contributed by atoms with Crippen LogP contribution in [0.3, 0.4) is 0 Å². The van der Waals surface area contributed by atoms with Crippen LogP contribution in [0.2, 0.25) is 5.02 Å². The average molecular weight is 325 g/mol. The molecule has 0 aliphatic carbocycles. The fourth-order valence-corrected chi connectivity index (χ4v) is 3.48. The monoisotopic (exact) mass is 324 g/mol. The van der Waals surface area contributed by atoms with Crippen molar-refractivity contribution in [3.05, 3.63) is 69.6 Å². The number of halogens is 3. The van der Waals surface area contributed by atoms with Gasteiger partial charge >= 0.3 is 0 Å². The van der Waals surface area contributed by atoms with Gasteiger partial charge in [0.15, 0.2) is 0 Å². The molecule has 0 saturated carbocycles. The van der Waals surface area contributed by atoms with Gasteiger partial charge in [0.1, 0.15) is 11.6 Å². The van der Waals surface area contributed by atoms with Crippen LogP contribution in [0.5, 0.6) is 0 Å². The molecule has 2 aromatic carbocycles. The zero-order chi connectivity index (χ0) is 15.0. The van der Waals surface area contributed by atoms with Crippen LogP contribution in [0.25, 0.3) is 10.1 Å². The Bertz CT molecular complexity index is 800. The number of aliphatic hydroxyl groups is 1. The summed E-state index contributed by atoms with van der Waals surface area (Å²) in [5.74, 6) is -0.807. The quantitative estimate of drug-likeness (QED) is 0.710. The third-order valence-electron chi connectivity index (χ3n) is 3.27. The molecule has 108 valence electrons. The van der Waals surface area contributed by atoms with Crippen molar-refractivity contribution in [3.63, 3.8) is 0 Å². The van der Waals surface area contributed by atoms with E-state index < -0.39 is 11.9 Å². The summed E-state index contributed by atoms with van der Waals surface area (Å²) in [5, 5.41) is 11.2. The highest BCUT2D eigenvalue weighted by Crippen LogP contribution is 2.33. The third kappa shape index (κ3) is 2.93. The number of rotatable bonds is 3. The molecule has 0 aliphatic rings. The molecule has 21 heavy (non-hydrogen) atoms. The lowest BCUT2D eigenvalue weighted by molar-refractivity contribution is 0.182. The minimum Gasteiger partial charge on any atom is -0.387 e. The van der Waals surface area contributed by atoms with Crippen LogP contribution in [0.15, 0.2) is 42.5 Å². The molecule has 0 saturated heterocycles. The van der Waals surface area contributed by atoms with E-state index in [1.807, 2.05) is 6.07 Å². The fourth-order valence-electron chi connectivity index (χ4n) is 2.20. The standard InChI is InChI=1S/C16H11ClF2OS/c17-16-10(2-1-3-12(16)19)6-13(20)15-7-9-4-5-11(18)8-14(9)21-15/h1-5,7-8,13,20H,6H2. The van der Waals surface area contributed by atoms with Gasteiger partial charge in [-0.25, -0.2) is 8.78 Å². The van der Waals surface area contributed by atoms with Gasteiger partial charge < -0.3 is 5.11 Å². The Morgan fingerprint density at radius 2 is 1.95 bits per heavy atom. The molecule has 0 bridgehead atoms. The Balaban J connectivity index is 1.89. The Morgan fingerprint density at radius 1 is 1.14 bits per heavy atom. The molecule has 5 heteroatoms. The fraction of sp³-hybridized carbons (Fsp3) is 0.125. The number of hydrogen-bond donors (Lipinski definition) is 1. The Labute approximate surface area is 129 Å². The minimum atomic E-state index is -0.801. The van der Waals surface area contributed by atoms with Crippen LogP contribution in [0, 0.1) is 11.6 Å². The minimum absolute atomic E-state index is 0.0312. The Kier molecular flexibility index (Phi) is 3.93. The summed E-state index contributed by atoms with van der Waals surface area (Å²) in [6.07, 6.45) is -0.587. The van der Waals surface area contributed by atoms with Gasteiger partial charge in [-0.2, -0.15) is 0 Å². The molecular formula is C16H11ClF2OS. The summed E-state index contributed by atoms with van der Waals surface area (Å²) in [6, 6.07) is 10.8. The topological polar surface area (TPSA) is 20.2 Å². The van der Waals surface area contributed by atoms with Crippen molar-refractivity contribution in [1.29, 1.82) is 0 Å². The van der Waals surface area contributed by atoms with Crippen molar-refractivity contribution in [2.24, 2.45) is 0 Å². The first-order valence-corrected chi connectivity index (χ1v) is 7.54. The van der Waals surface area contributed by atoms with E-state index in [1.54, 1.807) is 18.2 Å². The van der Waals surface area contributed by atoms with E-state index in [9.17, 15) is 13.9 Å². The van der Waals surface area contributed by atoms with Gasteiger partial charge in [-0.3, -0.25) is 0 Å². The number of thiophene rings is 1. The second-order valence-corrected chi connectivity index (χ2v) is 6.26. The van der Waals surface area contributed by atoms with Crippen LogP contribution in [0.1, 0.15) is 16.5 Å². The molecule has 1 aromatic heterocycles. The van der Waals surface area contributed by atoms with E-state index in [0.29, 0.717) is 10.4 Å². The summed E-state index contributed by atoms with van der Waals surface area (Å²) in [6.45, 7) is 0. The Morgan fingerprint density at radius 3 is 2.76 bits per heavy atom. The molecule has 0 spiro atoms. The van der Waals surface area contributed by atoms with E-state index in [2.05, 4.69) is 0 Å². The van der Waals surface area contributed by atoms with Crippen molar-refractivity contribution < 1.29 is 13.9 Å². The van der Waals surface area contributed by atoms with Crippen LogP contribution >= 0.6 is 22.9 Å². The molecule has 0 radical (unpaired) electrons. The van der Waals surface area contributed by atoms with Gasteiger partial charge in [-0.15, -0.1) is 11.3 Å². The van der Waals surface area contributed by atoms with E-state index in [1.165, 1.54) is 29.5 Å². The number of fused-ring (bicyclic) bond motifs is 1. The van der Waals surface area contributed by atoms with E-state index >= 15 is 0 Å². The predicted molar refractivity (Wildman–Crippen MR) is 81.9 cm³/mol. The normalized spacial score (nSPS) is 12.8. The van der Waals surface area contributed by atoms with Crippen LogP contribution in [-0.2, 0) is 6.42 Å². The van der Waals surface area contributed by atoms with Crippen LogP contribution < -0.4 is 0 Å². The summed E-state index contributed by atoms with van der Waals surface area (Å²) >= 11 is 7.21. The van der Waals surface area contributed by atoms with Crippen LogP contribution in [-0.4, -0.2) is 5.11 Å². The molecule has 0 fully saturated rings. The molecule has 1 N–H and O–H groups in total. The molecule has 3 rings (SSSR count). The largest absolute Gasteiger partial charge is 0.387 e. The highest BCUT2D eigenvalue weighted by Gasteiger charge is 2.15. The summed E-state index contributed by atoms with van der Waals surface area (Å²) in [5.41, 5.74) is 0.549. The SMILES string of the molecule is OC(Cc1cccc(F)c1Cl)c1cc2ccc(F)cc2s1. The molecule has 3 aromatic rings. The lowest BCUT2D eigenvalue weighted by Gasteiger charge is -2.10. The molecule has 1 heterocycles. The first-order chi connectivity index (χ1) is 10.0. The van der Waals surface area contributed by atoms with Crippen molar-refractivity contribution >= 4 is 33.0 Å². The van der Waals surface area contributed by atoms with Gasteiger partial charge in [-0.1, -0.05) is 29.8 Å². The predicted octanol–water partition coefficient (Wildman–Crippen LogP) is 5.11. The zero-order valence-electron chi connectivity index (χ0n) is 10.8. The number of aliphatic hydroxyl groups excluding tert-OH is 1. The van der Waals surface area contributed by atoms with E-state index in [4.69, 9.17) is 11.6 Å². The Hall–Kier alpha value is -1.49. The van der Waals surface area contributed by atoms with E-state index in [-0.39, 0.29) is 17.3 Å². The van der Waals surface area contributed by atoms with Crippen molar-refractivity contribution in [2.75, 3.05) is 0 Å². The molecule has 1 atom stereocenters. The lowest BCUT2D eigenvalue weighted by atomic mass is 10.1. The summed E-state index contributed by atoms with van der Waals surface area (Å²) in [7, 11) is 0. The smallest absolute Gasteiger partial charge is 0.142 e. The molecule has 0 amide bonds. The highest BCUT2D eigenvalue weighted by molar-refractivity contribution is 7.19. The summed E-state index contributed by atoms with van der Waals surface area (Å²) in [4.78, 5) is 0.705. The van der Waals surface area contributed by atoms with Crippen LogP contribution in [0.4, 0.5) is 8.78 Å². The lowest BCUT2D eigenvalue weighted by Crippen LogP contribution is -2.00.